The Morgan fingerprint density at radius 1 is 1.24 bits per heavy atom. The van der Waals surface area contributed by atoms with Crippen LogP contribution in [0.4, 0.5) is 5.69 Å². The predicted octanol–water partition coefficient (Wildman–Crippen LogP) is 3.25. The van der Waals surface area contributed by atoms with E-state index in [0.717, 1.165) is 24.3 Å². The molecule has 0 amide bonds. The third-order valence-corrected chi connectivity index (χ3v) is 4.33. The van der Waals surface area contributed by atoms with E-state index >= 15 is 0 Å². The zero-order valence-corrected chi connectivity index (χ0v) is 12.5. The van der Waals surface area contributed by atoms with Crippen molar-refractivity contribution in [3.05, 3.63) is 59.2 Å². The van der Waals surface area contributed by atoms with Crippen LogP contribution in [0.5, 0.6) is 5.75 Å². The number of rotatable bonds is 4. The van der Waals surface area contributed by atoms with Crippen LogP contribution in [-0.2, 0) is 12.0 Å². The number of aliphatic hydroxyl groups is 1. The Kier molecular flexibility index (Phi) is 3.60. The number of hydrogen-bond donors (Lipinski definition) is 2. The second-order valence-corrected chi connectivity index (χ2v) is 5.76. The molecule has 0 spiro atoms. The maximum absolute atomic E-state index is 10.0. The highest BCUT2D eigenvalue weighted by Crippen LogP contribution is 2.40. The molecule has 0 aromatic heterocycles. The lowest BCUT2D eigenvalue weighted by molar-refractivity contribution is 0.211. The van der Waals surface area contributed by atoms with Gasteiger partial charge < -0.3 is 15.2 Å². The standard InChI is InChI=1S/C18H21NO2/c1-13-6-7-14-8-9-18(12-20,17(14)10-13)19-15-4-3-5-16(11-15)21-2/h3-7,10-11,19-20H,8-9,12H2,1-2H3. The molecule has 0 aliphatic heterocycles. The molecule has 2 aromatic carbocycles. The lowest BCUT2D eigenvalue weighted by atomic mass is 9.91. The summed E-state index contributed by atoms with van der Waals surface area (Å²) in [5.41, 5.74) is 4.34. The minimum atomic E-state index is -0.395. The monoisotopic (exact) mass is 283 g/mol. The number of nitrogens with one attached hydrogen (secondary N) is 1. The largest absolute Gasteiger partial charge is 0.497 e. The summed E-state index contributed by atoms with van der Waals surface area (Å²) in [5, 5.41) is 13.6. The first-order valence-electron chi connectivity index (χ1n) is 7.30. The molecule has 3 rings (SSSR count). The molecule has 0 saturated carbocycles. The topological polar surface area (TPSA) is 41.5 Å². The van der Waals surface area contributed by atoms with E-state index in [9.17, 15) is 5.11 Å². The Morgan fingerprint density at radius 2 is 2.10 bits per heavy atom. The van der Waals surface area contributed by atoms with Gasteiger partial charge in [-0.15, -0.1) is 0 Å². The SMILES string of the molecule is COc1cccc(NC2(CO)CCc3ccc(C)cc32)c1. The molecule has 0 saturated heterocycles. The van der Waals surface area contributed by atoms with E-state index < -0.39 is 5.54 Å². The van der Waals surface area contributed by atoms with Crippen molar-refractivity contribution in [2.24, 2.45) is 0 Å². The van der Waals surface area contributed by atoms with Crippen molar-refractivity contribution in [3.63, 3.8) is 0 Å². The summed E-state index contributed by atoms with van der Waals surface area (Å²) < 4.78 is 5.27. The van der Waals surface area contributed by atoms with E-state index in [4.69, 9.17) is 4.74 Å². The van der Waals surface area contributed by atoms with Crippen molar-refractivity contribution >= 4 is 5.69 Å². The predicted molar refractivity (Wildman–Crippen MR) is 84.9 cm³/mol. The van der Waals surface area contributed by atoms with Crippen molar-refractivity contribution in [1.82, 2.24) is 0 Å². The first-order chi connectivity index (χ1) is 10.2. The third-order valence-electron chi connectivity index (χ3n) is 4.33. The van der Waals surface area contributed by atoms with Crippen LogP contribution in [0, 0.1) is 6.92 Å². The van der Waals surface area contributed by atoms with Crippen LogP contribution in [-0.4, -0.2) is 18.8 Å². The number of aryl methyl sites for hydroxylation is 2. The van der Waals surface area contributed by atoms with Gasteiger partial charge in [0.15, 0.2) is 0 Å². The lowest BCUT2D eigenvalue weighted by Gasteiger charge is -2.31. The average molecular weight is 283 g/mol. The van der Waals surface area contributed by atoms with E-state index in [1.807, 2.05) is 24.3 Å². The molecular weight excluding hydrogens is 262 g/mol. The summed E-state index contributed by atoms with van der Waals surface area (Å²) in [5.74, 6) is 0.815. The Labute approximate surface area is 125 Å². The quantitative estimate of drug-likeness (QED) is 0.905. The molecule has 3 nitrogen and oxygen atoms in total. The molecule has 2 N–H and O–H groups in total. The lowest BCUT2D eigenvalue weighted by Crippen LogP contribution is -2.37. The zero-order chi connectivity index (χ0) is 14.9. The summed E-state index contributed by atoms with van der Waals surface area (Å²) in [6.07, 6.45) is 1.90. The van der Waals surface area contributed by atoms with Gasteiger partial charge in [-0.25, -0.2) is 0 Å². The molecule has 21 heavy (non-hydrogen) atoms. The van der Waals surface area contributed by atoms with E-state index in [2.05, 4.69) is 30.4 Å². The van der Waals surface area contributed by atoms with E-state index in [-0.39, 0.29) is 6.61 Å². The number of ether oxygens (including phenoxy) is 1. The first kappa shape index (κ1) is 14.0. The van der Waals surface area contributed by atoms with Crippen molar-refractivity contribution in [2.75, 3.05) is 19.0 Å². The Bertz CT molecular complexity index is 653. The fraction of sp³-hybridized carbons (Fsp3) is 0.333. The van der Waals surface area contributed by atoms with Gasteiger partial charge in [-0.1, -0.05) is 29.8 Å². The third kappa shape index (κ3) is 2.49. The van der Waals surface area contributed by atoms with Crippen molar-refractivity contribution in [3.8, 4) is 5.75 Å². The molecular formula is C18H21NO2. The number of aliphatic hydroxyl groups excluding tert-OH is 1. The maximum atomic E-state index is 10.0. The molecule has 0 radical (unpaired) electrons. The van der Waals surface area contributed by atoms with Gasteiger partial charge in [-0.05, 0) is 43.0 Å². The molecule has 110 valence electrons. The van der Waals surface area contributed by atoms with Crippen molar-refractivity contribution in [1.29, 1.82) is 0 Å². The van der Waals surface area contributed by atoms with Gasteiger partial charge >= 0.3 is 0 Å². The second-order valence-electron chi connectivity index (χ2n) is 5.76. The smallest absolute Gasteiger partial charge is 0.120 e. The fourth-order valence-corrected chi connectivity index (χ4v) is 3.15. The highest BCUT2D eigenvalue weighted by Gasteiger charge is 2.38. The number of benzene rings is 2. The van der Waals surface area contributed by atoms with Crippen LogP contribution < -0.4 is 10.1 Å². The highest BCUT2D eigenvalue weighted by molar-refractivity contribution is 5.54. The fourth-order valence-electron chi connectivity index (χ4n) is 3.15. The molecule has 0 bridgehead atoms. The van der Waals surface area contributed by atoms with Crippen LogP contribution in [0.1, 0.15) is 23.1 Å². The number of methoxy groups -OCH3 is 1. The number of anilines is 1. The number of hydrogen-bond acceptors (Lipinski definition) is 3. The minimum absolute atomic E-state index is 0.0840. The van der Waals surface area contributed by atoms with Crippen LogP contribution >= 0.6 is 0 Å². The van der Waals surface area contributed by atoms with Gasteiger partial charge in [0.1, 0.15) is 5.75 Å². The summed E-state index contributed by atoms with van der Waals surface area (Å²) >= 11 is 0. The number of fused-ring (bicyclic) bond motifs is 1. The molecule has 3 heteroatoms. The van der Waals surface area contributed by atoms with Crippen LogP contribution in [0.3, 0.4) is 0 Å². The Hall–Kier alpha value is -2.00. The molecule has 1 atom stereocenters. The van der Waals surface area contributed by atoms with Gasteiger partial charge in [0.05, 0.1) is 19.3 Å². The maximum Gasteiger partial charge on any atom is 0.120 e. The van der Waals surface area contributed by atoms with Crippen LogP contribution in [0.15, 0.2) is 42.5 Å². The molecule has 2 aromatic rings. The van der Waals surface area contributed by atoms with Gasteiger partial charge in [0.2, 0.25) is 0 Å². The highest BCUT2D eigenvalue weighted by atomic mass is 16.5. The van der Waals surface area contributed by atoms with Gasteiger partial charge in [0.25, 0.3) is 0 Å². The van der Waals surface area contributed by atoms with Gasteiger partial charge in [0, 0.05) is 11.8 Å². The van der Waals surface area contributed by atoms with Crippen LogP contribution in [0.2, 0.25) is 0 Å². The Balaban J connectivity index is 1.98. The summed E-state index contributed by atoms with van der Waals surface area (Å²) in [4.78, 5) is 0. The molecule has 0 heterocycles. The zero-order valence-electron chi connectivity index (χ0n) is 12.5. The minimum Gasteiger partial charge on any atom is -0.497 e. The van der Waals surface area contributed by atoms with Crippen LogP contribution in [0.25, 0.3) is 0 Å². The van der Waals surface area contributed by atoms with Crippen molar-refractivity contribution < 1.29 is 9.84 Å². The summed E-state index contributed by atoms with van der Waals surface area (Å²) in [6, 6.07) is 14.3. The molecule has 1 unspecified atom stereocenters. The average Bonchev–Trinajstić information content (AvgIpc) is 2.86. The summed E-state index contributed by atoms with van der Waals surface area (Å²) in [6.45, 7) is 2.17. The molecule has 1 aliphatic carbocycles. The second kappa shape index (κ2) is 5.41. The molecule has 1 aliphatic rings. The van der Waals surface area contributed by atoms with Gasteiger partial charge in [-0.3, -0.25) is 0 Å². The molecule has 0 fully saturated rings. The van der Waals surface area contributed by atoms with Gasteiger partial charge in [-0.2, -0.15) is 0 Å². The van der Waals surface area contributed by atoms with E-state index in [1.54, 1.807) is 7.11 Å². The Morgan fingerprint density at radius 3 is 2.86 bits per heavy atom. The van der Waals surface area contributed by atoms with E-state index in [0.29, 0.717) is 0 Å². The van der Waals surface area contributed by atoms with E-state index in [1.165, 1.54) is 16.7 Å². The van der Waals surface area contributed by atoms with Crippen molar-refractivity contribution in [2.45, 2.75) is 25.3 Å². The first-order valence-corrected chi connectivity index (χ1v) is 7.30. The summed E-state index contributed by atoms with van der Waals surface area (Å²) in [7, 11) is 1.66. The normalized spacial score (nSPS) is 20.1.